The highest BCUT2D eigenvalue weighted by Crippen LogP contribution is 2.26. The van der Waals surface area contributed by atoms with Gasteiger partial charge >= 0.3 is 0 Å². The molecule has 0 atom stereocenters. The zero-order valence-electron chi connectivity index (χ0n) is 10.0. The molecule has 0 aliphatic heterocycles. The number of nitrogens with one attached hydrogen (secondary N) is 1. The van der Waals surface area contributed by atoms with Crippen LogP contribution in [0.1, 0.15) is 5.56 Å². The number of hydrogen-bond donors (Lipinski definition) is 2. The molecular formula is C12H10FN5O. The van der Waals surface area contributed by atoms with Crippen molar-refractivity contribution in [2.75, 3.05) is 5.73 Å². The molecule has 3 aromatic rings. The quantitative estimate of drug-likeness (QED) is 0.735. The number of nitrogens with zero attached hydrogens (tertiary/aromatic N) is 3. The second kappa shape index (κ2) is 4.20. The maximum atomic E-state index is 13.1. The number of aryl methyl sites for hydroxylation is 1. The first kappa shape index (κ1) is 11.4. The van der Waals surface area contributed by atoms with Gasteiger partial charge in [-0.2, -0.15) is 10.1 Å². The van der Waals surface area contributed by atoms with E-state index in [1.165, 1.54) is 18.3 Å². The summed E-state index contributed by atoms with van der Waals surface area (Å²) in [6.07, 6.45) is 1.50. The van der Waals surface area contributed by atoms with E-state index in [0.29, 0.717) is 22.8 Å². The Bertz CT molecular complexity index is 733. The molecule has 7 heteroatoms. The molecule has 6 nitrogen and oxygen atoms in total. The minimum atomic E-state index is -0.302. The van der Waals surface area contributed by atoms with Gasteiger partial charge < -0.3 is 10.3 Å². The largest absolute Gasteiger partial charge is 0.383 e. The van der Waals surface area contributed by atoms with Crippen molar-refractivity contribution in [2.24, 2.45) is 0 Å². The van der Waals surface area contributed by atoms with Crippen molar-refractivity contribution < 1.29 is 8.91 Å². The molecule has 2 aromatic heterocycles. The molecule has 3 N–H and O–H groups in total. The van der Waals surface area contributed by atoms with E-state index in [0.717, 1.165) is 5.56 Å². The lowest BCUT2D eigenvalue weighted by Crippen LogP contribution is -1.89. The standard InChI is InChI=1S/C12H10FN5O/c1-6-4-7(13)2-3-8(6)11-16-12(19-18-11)9-5-15-17-10(9)14/h2-5H,1H3,(H3,14,15,17). The topological polar surface area (TPSA) is 93.6 Å². The maximum Gasteiger partial charge on any atom is 0.263 e. The smallest absolute Gasteiger partial charge is 0.263 e. The highest BCUT2D eigenvalue weighted by atomic mass is 19.1. The van der Waals surface area contributed by atoms with Gasteiger partial charge in [0, 0.05) is 5.56 Å². The lowest BCUT2D eigenvalue weighted by molar-refractivity contribution is 0.432. The Morgan fingerprint density at radius 1 is 1.32 bits per heavy atom. The number of aromatic nitrogens is 4. The minimum Gasteiger partial charge on any atom is -0.383 e. The van der Waals surface area contributed by atoms with E-state index in [1.54, 1.807) is 13.0 Å². The molecule has 2 heterocycles. The summed E-state index contributed by atoms with van der Waals surface area (Å²) in [6.45, 7) is 1.78. The summed E-state index contributed by atoms with van der Waals surface area (Å²) in [7, 11) is 0. The molecule has 0 spiro atoms. The predicted octanol–water partition coefficient (Wildman–Crippen LogP) is 2.16. The number of halogens is 1. The monoisotopic (exact) mass is 259 g/mol. The Hall–Kier alpha value is -2.70. The fraction of sp³-hybridized carbons (Fsp3) is 0.0833. The van der Waals surface area contributed by atoms with Gasteiger partial charge in [-0.3, -0.25) is 5.10 Å². The second-order valence-electron chi connectivity index (χ2n) is 4.08. The normalized spacial score (nSPS) is 10.8. The van der Waals surface area contributed by atoms with Crippen molar-refractivity contribution in [3.8, 4) is 22.8 Å². The molecule has 1 aromatic carbocycles. The first-order valence-corrected chi connectivity index (χ1v) is 5.54. The molecule has 0 amide bonds. The summed E-state index contributed by atoms with van der Waals surface area (Å²) in [5.41, 5.74) is 7.65. The van der Waals surface area contributed by atoms with Crippen LogP contribution in [0.5, 0.6) is 0 Å². The molecular weight excluding hydrogens is 249 g/mol. The van der Waals surface area contributed by atoms with Crippen molar-refractivity contribution in [2.45, 2.75) is 6.92 Å². The molecule has 96 valence electrons. The van der Waals surface area contributed by atoms with E-state index in [9.17, 15) is 4.39 Å². The van der Waals surface area contributed by atoms with Gasteiger partial charge in [-0.1, -0.05) is 5.16 Å². The van der Waals surface area contributed by atoms with Crippen molar-refractivity contribution in [1.29, 1.82) is 0 Å². The summed E-state index contributed by atoms with van der Waals surface area (Å²) in [5, 5.41) is 10.2. The Kier molecular flexibility index (Phi) is 2.52. The Labute approximate surface area is 107 Å². The van der Waals surface area contributed by atoms with Crippen molar-refractivity contribution in [3.63, 3.8) is 0 Å². The van der Waals surface area contributed by atoms with E-state index >= 15 is 0 Å². The van der Waals surface area contributed by atoms with E-state index in [-0.39, 0.29) is 11.7 Å². The summed E-state index contributed by atoms with van der Waals surface area (Å²) in [5.74, 6) is 0.702. The highest BCUT2D eigenvalue weighted by Gasteiger charge is 2.15. The van der Waals surface area contributed by atoms with Crippen LogP contribution < -0.4 is 5.73 Å². The van der Waals surface area contributed by atoms with E-state index in [1.807, 2.05) is 0 Å². The van der Waals surface area contributed by atoms with Gasteiger partial charge in [-0.15, -0.1) is 0 Å². The van der Waals surface area contributed by atoms with Gasteiger partial charge in [0.25, 0.3) is 5.89 Å². The number of H-pyrrole nitrogens is 1. The van der Waals surface area contributed by atoms with Crippen LogP contribution in [0, 0.1) is 12.7 Å². The Balaban J connectivity index is 2.04. The molecule has 0 fully saturated rings. The van der Waals surface area contributed by atoms with Crippen molar-refractivity contribution in [3.05, 3.63) is 35.8 Å². The minimum absolute atomic E-state index is 0.268. The molecule has 0 bridgehead atoms. The fourth-order valence-electron chi connectivity index (χ4n) is 1.79. The number of hydrogen-bond acceptors (Lipinski definition) is 5. The molecule has 0 unspecified atom stereocenters. The first-order valence-electron chi connectivity index (χ1n) is 5.54. The van der Waals surface area contributed by atoms with Crippen LogP contribution in [-0.4, -0.2) is 20.3 Å². The molecule has 0 radical (unpaired) electrons. The fourth-order valence-corrected chi connectivity index (χ4v) is 1.79. The van der Waals surface area contributed by atoms with Gasteiger partial charge in [-0.25, -0.2) is 4.39 Å². The summed E-state index contributed by atoms with van der Waals surface area (Å²) in [6, 6.07) is 4.38. The number of nitrogen functional groups attached to an aromatic ring is 1. The molecule has 0 aliphatic rings. The number of rotatable bonds is 2. The lowest BCUT2D eigenvalue weighted by atomic mass is 10.1. The third kappa shape index (κ3) is 1.95. The number of benzene rings is 1. The zero-order valence-corrected chi connectivity index (χ0v) is 10.0. The number of nitrogens with two attached hydrogens (primary N) is 1. The van der Waals surface area contributed by atoms with Gasteiger partial charge in [0.1, 0.15) is 17.2 Å². The van der Waals surface area contributed by atoms with Gasteiger partial charge in [0.05, 0.1) is 6.20 Å². The molecule has 0 aliphatic carbocycles. The van der Waals surface area contributed by atoms with Crippen LogP contribution >= 0.6 is 0 Å². The van der Waals surface area contributed by atoms with Crippen molar-refractivity contribution >= 4 is 5.82 Å². The van der Waals surface area contributed by atoms with Crippen LogP contribution in [0.2, 0.25) is 0 Å². The van der Waals surface area contributed by atoms with E-state index in [4.69, 9.17) is 10.3 Å². The molecule has 19 heavy (non-hydrogen) atoms. The van der Waals surface area contributed by atoms with E-state index < -0.39 is 0 Å². The maximum absolute atomic E-state index is 13.1. The highest BCUT2D eigenvalue weighted by molar-refractivity contribution is 5.68. The zero-order chi connectivity index (χ0) is 13.4. The van der Waals surface area contributed by atoms with Gasteiger partial charge in [0.15, 0.2) is 0 Å². The lowest BCUT2D eigenvalue weighted by Gasteiger charge is -1.99. The van der Waals surface area contributed by atoms with Gasteiger partial charge in [0.2, 0.25) is 5.82 Å². The molecule has 0 saturated heterocycles. The van der Waals surface area contributed by atoms with E-state index in [2.05, 4.69) is 20.3 Å². The summed E-state index contributed by atoms with van der Waals surface area (Å²) < 4.78 is 18.2. The Morgan fingerprint density at radius 3 is 2.84 bits per heavy atom. The third-order valence-electron chi connectivity index (χ3n) is 2.75. The van der Waals surface area contributed by atoms with Crippen LogP contribution in [0.4, 0.5) is 10.2 Å². The second-order valence-corrected chi connectivity index (χ2v) is 4.08. The number of aromatic amines is 1. The summed E-state index contributed by atoms with van der Waals surface area (Å²) in [4.78, 5) is 4.23. The predicted molar refractivity (Wildman–Crippen MR) is 66.4 cm³/mol. The van der Waals surface area contributed by atoms with Gasteiger partial charge in [-0.05, 0) is 30.7 Å². The Morgan fingerprint density at radius 2 is 2.16 bits per heavy atom. The average molecular weight is 259 g/mol. The van der Waals surface area contributed by atoms with Crippen molar-refractivity contribution in [1.82, 2.24) is 20.3 Å². The summed E-state index contributed by atoms with van der Waals surface area (Å²) >= 11 is 0. The third-order valence-corrected chi connectivity index (χ3v) is 2.75. The first-order chi connectivity index (χ1) is 9.15. The number of anilines is 1. The van der Waals surface area contributed by atoms with Crippen LogP contribution in [0.15, 0.2) is 28.9 Å². The van der Waals surface area contributed by atoms with Crippen LogP contribution in [0.25, 0.3) is 22.8 Å². The SMILES string of the molecule is Cc1cc(F)ccc1-c1noc(-c2cn[nH]c2N)n1. The van der Waals surface area contributed by atoms with Crippen LogP contribution in [0.3, 0.4) is 0 Å². The van der Waals surface area contributed by atoms with Crippen LogP contribution in [-0.2, 0) is 0 Å². The molecule has 3 rings (SSSR count). The average Bonchev–Trinajstić information content (AvgIpc) is 2.97. The molecule has 0 saturated carbocycles.